The van der Waals surface area contributed by atoms with Crippen LogP contribution < -0.4 is 10.5 Å². The summed E-state index contributed by atoms with van der Waals surface area (Å²) >= 11 is 0. The Kier molecular flexibility index (Phi) is 4.39. The second-order valence-corrected chi connectivity index (χ2v) is 7.85. The summed E-state index contributed by atoms with van der Waals surface area (Å²) in [4.78, 5) is 0.201. The highest BCUT2D eigenvalue weighted by molar-refractivity contribution is 7.89. The molecule has 1 aliphatic carbocycles. The highest BCUT2D eigenvalue weighted by atomic mass is 32.2. The number of anilines is 1. The largest absolute Gasteiger partial charge is 0.398 e. The summed E-state index contributed by atoms with van der Waals surface area (Å²) in [7, 11) is -3.51. The van der Waals surface area contributed by atoms with Crippen molar-refractivity contribution >= 4 is 15.7 Å². The highest BCUT2D eigenvalue weighted by Gasteiger charge is 2.24. The van der Waals surface area contributed by atoms with E-state index in [-0.39, 0.29) is 4.90 Å². The van der Waals surface area contributed by atoms with E-state index in [0.717, 1.165) is 24.0 Å². The van der Waals surface area contributed by atoms with Crippen molar-refractivity contribution in [3.05, 3.63) is 23.3 Å². The molecule has 1 aliphatic rings. The van der Waals surface area contributed by atoms with Crippen molar-refractivity contribution in [2.45, 2.75) is 44.9 Å². The van der Waals surface area contributed by atoms with Gasteiger partial charge < -0.3 is 5.73 Å². The molecule has 4 nitrogen and oxygen atoms in total. The molecule has 2 atom stereocenters. The number of hydrogen-bond donors (Lipinski definition) is 2. The first-order valence-corrected chi connectivity index (χ1v) is 8.64. The zero-order valence-corrected chi connectivity index (χ0v) is 13.3. The number of nitrogen functional groups attached to an aromatic ring is 1. The summed E-state index contributed by atoms with van der Waals surface area (Å²) in [5, 5.41) is 0. The minimum Gasteiger partial charge on any atom is -0.398 e. The van der Waals surface area contributed by atoms with Crippen molar-refractivity contribution in [1.82, 2.24) is 4.72 Å². The lowest BCUT2D eigenvalue weighted by Crippen LogP contribution is -2.29. The molecule has 5 heteroatoms. The van der Waals surface area contributed by atoms with E-state index < -0.39 is 10.0 Å². The van der Waals surface area contributed by atoms with Crippen LogP contribution in [-0.2, 0) is 10.0 Å². The molecule has 3 N–H and O–H groups in total. The van der Waals surface area contributed by atoms with Crippen LogP contribution >= 0.6 is 0 Å². The van der Waals surface area contributed by atoms with E-state index in [0.29, 0.717) is 24.1 Å². The summed E-state index contributed by atoms with van der Waals surface area (Å²) < 4.78 is 27.4. The van der Waals surface area contributed by atoms with Crippen molar-refractivity contribution in [2.75, 3.05) is 12.3 Å². The molecule has 0 bridgehead atoms. The summed E-state index contributed by atoms with van der Waals surface area (Å²) in [5.74, 6) is 1.16. The van der Waals surface area contributed by atoms with Gasteiger partial charge in [0.2, 0.25) is 10.0 Å². The zero-order chi connectivity index (χ0) is 14.9. The zero-order valence-electron chi connectivity index (χ0n) is 12.4. The first-order valence-electron chi connectivity index (χ1n) is 7.16. The molecule has 1 aromatic carbocycles. The van der Waals surface area contributed by atoms with Crippen LogP contribution in [0.15, 0.2) is 17.0 Å². The van der Waals surface area contributed by atoms with Gasteiger partial charge in [-0.1, -0.05) is 13.3 Å². The minimum absolute atomic E-state index is 0.201. The lowest BCUT2D eigenvalue weighted by molar-refractivity contribution is 0.498. The van der Waals surface area contributed by atoms with Crippen LogP contribution in [0.25, 0.3) is 0 Å². The van der Waals surface area contributed by atoms with Gasteiger partial charge in [-0.25, -0.2) is 13.1 Å². The van der Waals surface area contributed by atoms with Crippen molar-refractivity contribution in [3.63, 3.8) is 0 Å². The minimum atomic E-state index is -3.51. The maximum atomic E-state index is 12.4. The normalized spacial score (nSPS) is 23.1. The number of rotatable bonds is 4. The van der Waals surface area contributed by atoms with Gasteiger partial charge in [0.25, 0.3) is 0 Å². The van der Waals surface area contributed by atoms with Crippen LogP contribution in [-0.4, -0.2) is 15.0 Å². The second-order valence-electron chi connectivity index (χ2n) is 6.11. The van der Waals surface area contributed by atoms with Crippen LogP contribution in [0.4, 0.5) is 5.69 Å². The number of nitrogens with two attached hydrogens (primary N) is 1. The van der Waals surface area contributed by atoms with Crippen LogP contribution in [0, 0.1) is 25.7 Å². The third-order valence-corrected chi connectivity index (χ3v) is 5.76. The van der Waals surface area contributed by atoms with E-state index in [1.165, 1.54) is 6.42 Å². The highest BCUT2D eigenvalue weighted by Crippen LogP contribution is 2.30. The molecule has 1 fully saturated rings. The predicted molar refractivity (Wildman–Crippen MR) is 82.0 cm³/mol. The summed E-state index contributed by atoms with van der Waals surface area (Å²) in [6.45, 7) is 6.55. The number of benzene rings is 1. The fourth-order valence-corrected chi connectivity index (χ4v) is 4.17. The van der Waals surface area contributed by atoms with E-state index in [4.69, 9.17) is 5.73 Å². The summed E-state index contributed by atoms with van der Waals surface area (Å²) in [6, 6.07) is 3.38. The van der Waals surface area contributed by atoms with Crippen LogP contribution in [0.3, 0.4) is 0 Å². The Morgan fingerprint density at radius 1 is 1.25 bits per heavy atom. The first kappa shape index (κ1) is 15.3. The number of sulfonamides is 1. The van der Waals surface area contributed by atoms with Gasteiger partial charge in [-0.05, 0) is 61.8 Å². The molecule has 0 spiro atoms. The van der Waals surface area contributed by atoms with E-state index in [1.54, 1.807) is 12.1 Å². The van der Waals surface area contributed by atoms with E-state index in [9.17, 15) is 8.42 Å². The smallest absolute Gasteiger partial charge is 0.242 e. The Hall–Kier alpha value is -1.07. The third-order valence-electron chi connectivity index (χ3n) is 4.28. The fourth-order valence-electron chi connectivity index (χ4n) is 2.86. The Morgan fingerprint density at radius 3 is 2.50 bits per heavy atom. The van der Waals surface area contributed by atoms with Gasteiger partial charge in [0.15, 0.2) is 0 Å². The molecule has 0 radical (unpaired) electrons. The van der Waals surface area contributed by atoms with E-state index >= 15 is 0 Å². The molecule has 0 saturated heterocycles. The number of aryl methyl sites for hydroxylation is 2. The molecule has 112 valence electrons. The average molecular weight is 296 g/mol. The van der Waals surface area contributed by atoms with Crippen molar-refractivity contribution < 1.29 is 8.42 Å². The maximum absolute atomic E-state index is 12.4. The topological polar surface area (TPSA) is 72.2 Å². The SMILES string of the molecule is Cc1cc(N)c(S(=O)(=O)NCC2CCC(C)C2)cc1C. The Balaban J connectivity index is 2.12. The molecule has 0 heterocycles. The molecule has 0 amide bonds. The summed E-state index contributed by atoms with van der Waals surface area (Å²) in [5.41, 5.74) is 8.13. The molecule has 2 rings (SSSR count). The molecule has 0 aromatic heterocycles. The van der Waals surface area contributed by atoms with Gasteiger partial charge in [-0.15, -0.1) is 0 Å². The van der Waals surface area contributed by atoms with Gasteiger partial charge >= 0.3 is 0 Å². The standard InChI is InChI=1S/C15H24N2O2S/c1-10-4-5-13(6-10)9-17-20(18,19)15-8-12(3)11(2)7-14(15)16/h7-8,10,13,17H,4-6,9,16H2,1-3H3. The van der Waals surface area contributed by atoms with Gasteiger partial charge in [0.05, 0.1) is 5.69 Å². The number of hydrogen-bond acceptors (Lipinski definition) is 3. The molecule has 2 unspecified atom stereocenters. The lowest BCUT2D eigenvalue weighted by atomic mass is 10.1. The monoisotopic (exact) mass is 296 g/mol. The van der Waals surface area contributed by atoms with Gasteiger partial charge in [-0.2, -0.15) is 0 Å². The van der Waals surface area contributed by atoms with E-state index in [1.807, 2.05) is 13.8 Å². The van der Waals surface area contributed by atoms with Gasteiger partial charge in [0.1, 0.15) is 4.90 Å². The van der Waals surface area contributed by atoms with E-state index in [2.05, 4.69) is 11.6 Å². The maximum Gasteiger partial charge on any atom is 0.242 e. The van der Waals surface area contributed by atoms with Gasteiger partial charge in [0, 0.05) is 6.54 Å². The van der Waals surface area contributed by atoms with Crippen LogP contribution in [0.1, 0.15) is 37.3 Å². The van der Waals surface area contributed by atoms with Crippen molar-refractivity contribution in [3.8, 4) is 0 Å². The molecular weight excluding hydrogens is 272 g/mol. The van der Waals surface area contributed by atoms with Crippen molar-refractivity contribution in [1.29, 1.82) is 0 Å². The Labute approximate surface area is 121 Å². The molecule has 1 aromatic rings. The fraction of sp³-hybridized carbons (Fsp3) is 0.600. The van der Waals surface area contributed by atoms with Crippen LogP contribution in [0.5, 0.6) is 0 Å². The molecule has 0 aliphatic heterocycles. The van der Waals surface area contributed by atoms with Crippen LogP contribution in [0.2, 0.25) is 0 Å². The Bertz CT molecular complexity index is 596. The molecule has 1 saturated carbocycles. The molecule has 20 heavy (non-hydrogen) atoms. The second kappa shape index (κ2) is 5.74. The average Bonchev–Trinajstić information content (AvgIpc) is 2.77. The van der Waals surface area contributed by atoms with Gasteiger partial charge in [-0.3, -0.25) is 0 Å². The number of nitrogens with one attached hydrogen (secondary N) is 1. The van der Waals surface area contributed by atoms with Crippen molar-refractivity contribution in [2.24, 2.45) is 11.8 Å². The first-order chi connectivity index (χ1) is 9.29. The lowest BCUT2D eigenvalue weighted by Gasteiger charge is -2.14. The summed E-state index contributed by atoms with van der Waals surface area (Å²) in [6.07, 6.45) is 3.40. The molecular formula is C15H24N2O2S. The third kappa shape index (κ3) is 3.33. The predicted octanol–water partition coefficient (Wildman–Crippen LogP) is 2.60. The quantitative estimate of drug-likeness (QED) is 0.839. The Morgan fingerprint density at radius 2 is 1.90 bits per heavy atom.